The second-order valence-electron chi connectivity index (χ2n) is 6.38. The summed E-state index contributed by atoms with van der Waals surface area (Å²) in [6.07, 6.45) is 2.18. The molecule has 2 N–H and O–H groups in total. The molecule has 1 heterocycles. The molecule has 1 amide bonds. The zero-order chi connectivity index (χ0) is 18.2. The summed E-state index contributed by atoms with van der Waals surface area (Å²) in [7, 11) is 0. The maximum absolute atomic E-state index is 12.6. The molecule has 1 aliphatic rings. The Bertz CT molecular complexity index is 727. The van der Waals surface area contributed by atoms with E-state index in [1.54, 1.807) is 12.1 Å². The number of carbonyl (C=O) groups excluding carboxylic acids is 1. The number of ether oxygens (including phenoxy) is 2. The van der Waals surface area contributed by atoms with E-state index in [-0.39, 0.29) is 5.91 Å². The molecule has 0 radical (unpaired) electrons. The number of rotatable bonds is 8. The Kier molecular flexibility index (Phi) is 6.50. The molecule has 1 fully saturated rings. The monoisotopic (exact) mass is 354 g/mol. The van der Waals surface area contributed by atoms with Gasteiger partial charge in [0.15, 0.2) is 11.5 Å². The molecule has 1 atom stereocenters. The quantitative estimate of drug-likeness (QED) is 0.760. The molecule has 2 aromatic carbocycles. The third kappa shape index (κ3) is 4.76. The van der Waals surface area contributed by atoms with Gasteiger partial charge in [-0.1, -0.05) is 24.3 Å². The van der Waals surface area contributed by atoms with Crippen LogP contribution in [0.25, 0.3) is 0 Å². The molecule has 2 aromatic rings. The van der Waals surface area contributed by atoms with Gasteiger partial charge in [-0.3, -0.25) is 4.79 Å². The fourth-order valence-electron chi connectivity index (χ4n) is 3.12. The first kappa shape index (κ1) is 18.3. The van der Waals surface area contributed by atoms with E-state index in [1.807, 2.05) is 43.3 Å². The lowest BCUT2D eigenvalue weighted by atomic mass is 10.1. The van der Waals surface area contributed by atoms with E-state index in [1.165, 1.54) is 6.42 Å². The third-order valence-corrected chi connectivity index (χ3v) is 4.50. The van der Waals surface area contributed by atoms with Gasteiger partial charge in [0.05, 0.1) is 12.2 Å². The van der Waals surface area contributed by atoms with Crippen molar-refractivity contribution in [2.45, 2.75) is 19.8 Å². The topological polar surface area (TPSA) is 59.6 Å². The summed E-state index contributed by atoms with van der Waals surface area (Å²) >= 11 is 0. The van der Waals surface area contributed by atoms with Gasteiger partial charge in [0.2, 0.25) is 0 Å². The highest BCUT2D eigenvalue weighted by Gasteiger charge is 2.17. The molecule has 5 heteroatoms. The fraction of sp³-hybridized carbons (Fsp3) is 0.381. The highest BCUT2D eigenvalue weighted by molar-refractivity contribution is 5.97. The zero-order valence-electron chi connectivity index (χ0n) is 15.2. The first-order valence-electron chi connectivity index (χ1n) is 9.25. The van der Waals surface area contributed by atoms with Crippen molar-refractivity contribution in [1.82, 2.24) is 10.6 Å². The average molecular weight is 354 g/mol. The van der Waals surface area contributed by atoms with Gasteiger partial charge < -0.3 is 20.1 Å². The van der Waals surface area contributed by atoms with Gasteiger partial charge in [-0.05, 0) is 63.0 Å². The number of carbonyl (C=O) groups is 1. The molecule has 138 valence electrons. The number of nitrogens with one attached hydrogen (secondary N) is 2. The molecule has 0 spiro atoms. The number of hydrogen-bond donors (Lipinski definition) is 2. The van der Waals surface area contributed by atoms with Crippen molar-refractivity contribution < 1.29 is 14.3 Å². The second-order valence-corrected chi connectivity index (χ2v) is 6.38. The van der Waals surface area contributed by atoms with Gasteiger partial charge in [-0.25, -0.2) is 0 Å². The number of benzene rings is 2. The van der Waals surface area contributed by atoms with E-state index >= 15 is 0 Å². The summed E-state index contributed by atoms with van der Waals surface area (Å²) in [6, 6.07) is 14.8. The van der Waals surface area contributed by atoms with Crippen LogP contribution in [0.3, 0.4) is 0 Å². The maximum Gasteiger partial charge on any atom is 0.255 e. The van der Waals surface area contributed by atoms with E-state index in [0.717, 1.165) is 19.5 Å². The van der Waals surface area contributed by atoms with E-state index < -0.39 is 0 Å². The van der Waals surface area contributed by atoms with Crippen molar-refractivity contribution in [3.05, 3.63) is 54.1 Å². The molecule has 1 unspecified atom stereocenters. The van der Waals surface area contributed by atoms with Crippen LogP contribution >= 0.6 is 0 Å². The summed E-state index contributed by atoms with van der Waals surface area (Å²) in [5, 5.41) is 6.36. The number of hydrogen-bond acceptors (Lipinski definition) is 4. The molecular formula is C21H26N2O3. The Hall–Kier alpha value is -2.53. The molecule has 1 saturated heterocycles. The minimum atomic E-state index is -0.111. The van der Waals surface area contributed by atoms with Crippen molar-refractivity contribution in [3.63, 3.8) is 0 Å². The van der Waals surface area contributed by atoms with Crippen LogP contribution in [0, 0.1) is 5.92 Å². The minimum absolute atomic E-state index is 0.111. The Morgan fingerprint density at radius 3 is 2.58 bits per heavy atom. The van der Waals surface area contributed by atoms with Crippen molar-refractivity contribution in [3.8, 4) is 17.2 Å². The lowest BCUT2D eigenvalue weighted by Gasteiger charge is -2.14. The summed E-state index contributed by atoms with van der Waals surface area (Å²) in [5.41, 5.74) is 0.531. The van der Waals surface area contributed by atoms with Crippen LogP contribution in [-0.4, -0.2) is 32.1 Å². The Balaban J connectivity index is 1.66. The Labute approximate surface area is 154 Å². The van der Waals surface area contributed by atoms with Crippen LogP contribution in [0.1, 0.15) is 30.1 Å². The predicted octanol–water partition coefficient (Wildman–Crippen LogP) is 3.61. The summed E-state index contributed by atoms with van der Waals surface area (Å²) < 4.78 is 11.6. The standard InChI is InChI=1S/C21H26N2O3/c1-2-25-19-9-5-6-10-20(19)26-18-8-4-3-7-17(18)21(24)23-14-12-16-11-13-22-15-16/h3-10,16,22H,2,11-15H2,1H3,(H,23,24). The fourth-order valence-corrected chi connectivity index (χ4v) is 3.12. The van der Waals surface area contributed by atoms with Crippen LogP contribution in [-0.2, 0) is 0 Å². The van der Waals surface area contributed by atoms with Crippen LogP contribution in [0.5, 0.6) is 17.2 Å². The normalized spacial score (nSPS) is 16.3. The number of para-hydroxylation sites is 3. The zero-order valence-corrected chi connectivity index (χ0v) is 15.2. The van der Waals surface area contributed by atoms with Gasteiger partial charge in [0.1, 0.15) is 5.75 Å². The molecule has 3 rings (SSSR count). The molecule has 0 saturated carbocycles. The Morgan fingerprint density at radius 1 is 1.12 bits per heavy atom. The van der Waals surface area contributed by atoms with Gasteiger partial charge in [0, 0.05) is 6.54 Å². The van der Waals surface area contributed by atoms with Crippen molar-refractivity contribution >= 4 is 5.91 Å². The molecule has 0 bridgehead atoms. The van der Waals surface area contributed by atoms with Gasteiger partial charge in [-0.15, -0.1) is 0 Å². The molecular weight excluding hydrogens is 328 g/mol. The maximum atomic E-state index is 12.6. The molecule has 26 heavy (non-hydrogen) atoms. The first-order chi connectivity index (χ1) is 12.8. The number of amides is 1. The van der Waals surface area contributed by atoms with Gasteiger partial charge in [-0.2, -0.15) is 0 Å². The van der Waals surface area contributed by atoms with E-state index in [0.29, 0.717) is 41.9 Å². The van der Waals surface area contributed by atoms with Crippen molar-refractivity contribution in [2.24, 2.45) is 5.92 Å². The molecule has 0 aliphatic carbocycles. The minimum Gasteiger partial charge on any atom is -0.490 e. The highest BCUT2D eigenvalue weighted by Crippen LogP contribution is 2.32. The first-order valence-corrected chi connectivity index (χ1v) is 9.25. The van der Waals surface area contributed by atoms with Crippen LogP contribution in [0.4, 0.5) is 0 Å². The smallest absolute Gasteiger partial charge is 0.255 e. The second kappa shape index (κ2) is 9.25. The molecule has 5 nitrogen and oxygen atoms in total. The largest absolute Gasteiger partial charge is 0.490 e. The highest BCUT2D eigenvalue weighted by atomic mass is 16.5. The third-order valence-electron chi connectivity index (χ3n) is 4.50. The lowest BCUT2D eigenvalue weighted by Crippen LogP contribution is -2.26. The predicted molar refractivity (Wildman–Crippen MR) is 102 cm³/mol. The molecule has 0 aromatic heterocycles. The Morgan fingerprint density at radius 2 is 1.85 bits per heavy atom. The van der Waals surface area contributed by atoms with Crippen LogP contribution in [0.2, 0.25) is 0 Å². The van der Waals surface area contributed by atoms with E-state index in [9.17, 15) is 4.79 Å². The van der Waals surface area contributed by atoms with Crippen molar-refractivity contribution in [2.75, 3.05) is 26.2 Å². The van der Waals surface area contributed by atoms with Gasteiger partial charge >= 0.3 is 0 Å². The summed E-state index contributed by atoms with van der Waals surface area (Å²) in [4.78, 5) is 12.6. The lowest BCUT2D eigenvalue weighted by molar-refractivity contribution is 0.0949. The van der Waals surface area contributed by atoms with E-state index in [2.05, 4.69) is 10.6 Å². The van der Waals surface area contributed by atoms with Gasteiger partial charge in [0.25, 0.3) is 5.91 Å². The van der Waals surface area contributed by atoms with Crippen LogP contribution in [0.15, 0.2) is 48.5 Å². The van der Waals surface area contributed by atoms with Crippen molar-refractivity contribution in [1.29, 1.82) is 0 Å². The van der Waals surface area contributed by atoms with E-state index in [4.69, 9.17) is 9.47 Å². The SMILES string of the molecule is CCOc1ccccc1Oc1ccccc1C(=O)NCCC1CCNC1. The summed E-state index contributed by atoms with van der Waals surface area (Å²) in [5.74, 6) is 2.34. The summed E-state index contributed by atoms with van der Waals surface area (Å²) in [6.45, 7) is 5.28. The van der Waals surface area contributed by atoms with Crippen LogP contribution < -0.4 is 20.1 Å². The average Bonchev–Trinajstić information content (AvgIpc) is 3.17. The molecule has 1 aliphatic heterocycles.